The first-order valence-corrected chi connectivity index (χ1v) is 8.01. The van der Waals surface area contributed by atoms with Crippen LogP contribution >= 0.6 is 0 Å². The summed E-state index contributed by atoms with van der Waals surface area (Å²) in [5, 5.41) is 0. The van der Waals surface area contributed by atoms with Gasteiger partial charge in [0.15, 0.2) is 0 Å². The van der Waals surface area contributed by atoms with Crippen LogP contribution in [0.1, 0.15) is 79.1 Å². The van der Waals surface area contributed by atoms with Crippen molar-refractivity contribution in [1.82, 2.24) is 0 Å². The lowest BCUT2D eigenvalue weighted by atomic mass is 9.77. The molecule has 1 rings (SSSR count). The lowest BCUT2D eigenvalue weighted by Gasteiger charge is -2.28. The first-order chi connectivity index (χ1) is 8.63. The molecule has 0 aromatic carbocycles. The van der Waals surface area contributed by atoms with E-state index in [1.807, 2.05) is 0 Å². The van der Waals surface area contributed by atoms with Gasteiger partial charge in [-0.2, -0.15) is 0 Å². The Hall–Kier alpha value is -0.520. The fourth-order valence-corrected chi connectivity index (χ4v) is 2.92. The molecule has 0 fully saturated rings. The van der Waals surface area contributed by atoms with E-state index in [9.17, 15) is 0 Å². The molecular formula is C18H32. The van der Waals surface area contributed by atoms with Crippen molar-refractivity contribution in [3.63, 3.8) is 0 Å². The minimum Gasteiger partial charge on any atom is -0.0805 e. The third kappa shape index (κ3) is 5.00. The van der Waals surface area contributed by atoms with Gasteiger partial charge in [0.25, 0.3) is 0 Å². The molecule has 0 radical (unpaired) electrons. The minimum absolute atomic E-state index is 0.436. The van der Waals surface area contributed by atoms with Gasteiger partial charge in [-0.05, 0) is 30.6 Å². The van der Waals surface area contributed by atoms with Crippen LogP contribution < -0.4 is 0 Å². The normalized spacial score (nSPS) is 25.0. The molecule has 0 N–H and O–H groups in total. The number of allylic oxidation sites excluding steroid dienone is 4. The van der Waals surface area contributed by atoms with Gasteiger partial charge in [-0.15, -0.1) is 0 Å². The number of rotatable bonds is 8. The monoisotopic (exact) mass is 248 g/mol. The summed E-state index contributed by atoms with van der Waals surface area (Å²) >= 11 is 0. The molecule has 0 saturated carbocycles. The molecule has 0 bridgehead atoms. The maximum absolute atomic E-state index is 2.51. The van der Waals surface area contributed by atoms with Crippen LogP contribution in [-0.4, -0.2) is 0 Å². The first-order valence-electron chi connectivity index (χ1n) is 8.01. The highest BCUT2D eigenvalue weighted by molar-refractivity contribution is 5.26. The van der Waals surface area contributed by atoms with E-state index >= 15 is 0 Å². The van der Waals surface area contributed by atoms with Gasteiger partial charge in [-0.25, -0.2) is 0 Å². The van der Waals surface area contributed by atoms with Gasteiger partial charge in [0.1, 0.15) is 0 Å². The zero-order valence-corrected chi connectivity index (χ0v) is 13.0. The Kier molecular flexibility index (Phi) is 6.75. The van der Waals surface area contributed by atoms with E-state index in [4.69, 9.17) is 0 Å². The molecule has 0 saturated heterocycles. The van der Waals surface area contributed by atoms with E-state index in [1.54, 1.807) is 5.57 Å². The van der Waals surface area contributed by atoms with Gasteiger partial charge in [0.05, 0.1) is 0 Å². The van der Waals surface area contributed by atoms with Crippen molar-refractivity contribution in [2.24, 2.45) is 11.3 Å². The third-order valence-corrected chi connectivity index (χ3v) is 4.43. The lowest BCUT2D eigenvalue weighted by Crippen LogP contribution is -2.15. The van der Waals surface area contributed by atoms with Crippen LogP contribution in [0, 0.1) is 11.3 Å². The Labute approximate surface area is 115 Å². The molecule has 0 heteroatoms. The van der Waals surface area contributed by atoms with E-state index in [0.29, 0.717) is 5.41 Å². The molecule has 0 aliphatic heterocycles. The molecule has 0 heterocycles. The highest BCUT2D eigenvalue weighted by Gasteiger charge is 2.22. The summed E-state index contributed by atoms with van der Waals surface area (Å²) in [6, 6.07) is 0. The van der Waals surface area contributed by atoms with Gasteiger partial charge >= 0.3 is 0 Å². The fourth-order valence-electron chi connectivity index (χ4n) is 2.92. The molecule has 0 aromatic rings. The SMILES string of the molecule is CCCCC1(C)C=CC(CC(CC)CCC)=CC1. The Morgan fingerprint density at radius 2 is 2.00 bits per heavy atom. The molecule has 0 spiro atoms. The standard InChI is InChI=1S/C18H32/c1-5-8-12-18(4)13-10-17(11-14-18)15-16(7-3)9-6-2/h10-11,13,16H,5-9,12,14-15H2,1-4H3. The predicted octanol–water partition coefficient (Wildman–Crippen LogP) is 6.29. The van der Waals surface area contributed by atoms with Gasteiger partial charge < -0.3 is 0 Å². The molecule has 104 valence electrons. The average Bonchev–Trinajstić information content (AvgIpc) is 2.39. The number of unbranched alkanes of at least 4 members (excludes halogenated alkanes) is 1. The summed E-state index contributed by atoms with van der Waals surface area (Å²) in [6.45, 7) is 9.33. The molecule has 0 aromatic heterocycles. The van der Waals surface area contributed by atoms with Crippen LogP contribution in [0.2, 0.25) is 0 Å². The van der Waals surface area contributed by atoms with Gasteiger partial charge in [-0.3, -0.25) is 0 Å². The van der Waals surface area contributed by atoms with Crippen molar-refractivity contribution < 1.29 is 0 Å². The summed E-state index contributed by atoms with van der Waals surface area (Å²) in [5.41, 5.74) is 2.02. The molecular weight excluding hydrogens is 216 g/mol. The number of hydrogen-bond donors (Lipinski definition) is 0. The summed E-state index contributed by atoms with van der Waals surface area (Å²) < 4.78 is 0. The van der Waals surface area contributed by atoms with E-state index in [0.717, 1.165) is 5.92 Å². The van der Waals surface area contributed by atoms with Crippen molar-refractivity contribution in [2.45, 2.75) is 79.1 Å². The maximum atomic E-state index is 2.51. The quantitative estimate of drug-likeness (QED) is 0.474. The van der Waals surface area contributed by atoms with Crippen molar-refractivity contribution in [1.29, 1.82) is 0 Å². The van der Waals surface area contributed by atoms with Crippen LogP contribution in [-0.2, 0) is 0 Å². The Balaban J connectivity index is 2.46. The zero-order valence-electron chi connectivity index (χ0n) is 13.0. The minimum atomic E-state index is 0.436. The second-order valence-corrected chi connectivity index (χ2v) is 6.34. The largest absolute Gasteiger partial charge is 0.0805 e. The highest BCUT2D eigenvalue weighted by atomic mass is 14.3. The van der Waals surface area contributed by atoms with Crippen molar-refractivity contribution in [3.8, 4) is 0 Å². The van der Waals surface area contributed by atoms with E-state index in [2.05, 4.69) is 45.9 Å². The van der Waals surface area contributed by atoms with Crippen molar-refractivity contribution >= 4 is 0 Å². The van der Waals surface area contributed by atoms with Crippen LogP contribution in [0.5, 0.6) is 0 Å². The number of hydrogen-bond acceptors (Lipinski definition) is 0. The van der Waals surface area contributed by atoms with Gasteiger partial charge in [0, 0.05) is 0 Å². The van der Waals surface area contributed by atoms with Crippen LogP contribution in [0.3, 0.4) is 0 Å². The molecule has 18 heavy (non-hydrogen) atoms. The first kappa shape index (κ1) is 15.5. The third-order valence-electron chi connectivity index (χ3n) is 4.43. The lowest BCUT2D eigenvalue weighted by molar-refractivity contribution is 0.374. The molecule has 0 nitrogen and oxygen atoms in total. The molecule has 1 aliphatic carbocycles. The van der Waals surface area contributed by atoms with E-state index in [1.165, 1.54) is 51.4 Å². The Bertz CT molecular complexity index is 284. The van der Waals surface area contributed by atoms with E-state index < -0.39 is 0 Å². The van der Waals surface area contributed by atoms with Crippen LogP contribution in [0.4, 0.5) is 0 Å². The molecule has 1 aliphatic rings. The second kappa shape index (κ2) is 7.81. The summed E-state index contributed by atoms with van der Waals surface area (Å²) in [6.07, 6.45) is 18.0. The van der Waals surface area contributed by atoms with Gasteiger partial charge in [0.2, 0.25) is 0 Å². The van der Waals surface area contributed by atoms with E-state index in [-0.39, 0.29) is 0 Å². The van der Waals surface area contributed by atoms with Crippen molar-refractivity contribution in [3.05, 3.63) is 23.8 Å². The molecule has 0 amide bonds. The van der Waals surface area contributed by atoms with Crippen LogP contribution in [0.15, 0.2) is 23.8 Å². The van der Waals surface area contributed by atoms with Crippen LogP contribution in [0.25, 0.3) is 0 Å². The van der Waals surface area contributed by atoms with Gasteiger partial charge in [-0.1, -0.05) is 83.6 Å². The highest BCUT2D eigenvalue weighted by Crippen LogP contribution is 2.36. The summed E-state index contributed by atoms with van der Waals surface area (Å²) in [7, 11) is 0. The smallest absolute Gasteiger partial charge is 0.0109 e. The molecule has 2 atom stereocenters. The van der Waals surface area contributed by atoms with Crippen molar-refractivity contribution in [2.75, 3.05) is 0 Å². The zero-order chi connectivity index (χ0) is 13.4. The average molecular weight is 248 g/mol. The summed E-state index contributed by atoms with van der Waals surface area (Å²) in [5.74, 6) is 0.894. The summed E-state index contributed by atoms with van der Waals surface area (Å²) in [4.78, 5) is 0. The maximum Gasteiger partial charge on any atom is -0.0109 e. The fraction of sp³-hybridized carbons (Fsp3) is 0.778. The topological polar surface area (TPSA) is 0 Å². The predicted molar refractivity (Wildman–Crippen MR) is 82.8 cm³/mol. The Morgan fingerprint density at radius 1 is 1.22 bits per heavy atom. The second-order valence-electron chi connectivity index (χ2n) is 6.34. The Morgan fingerprint density at radius 3 is 2.50 bits per heavy atom. The molecule has 2 unspecified atom stereocenters.